The lowest BCUT2D eigenvalue weighted by Crippen LogP contribution is -2.27. The molecule has 0 aliphatic carbocycles. The van der Waals surface area contributed by atoms with Crippen LogP contribution < -0.4 is 9.46 Å². The van der Waals surface area contributed by atoms with E-state index in [1.807, 2.05) is 36.4 Å². The molecule has 0 fully saturated rings. The van der Waals surface area contributed by atoms with Crippen molar-refractivity contribution in [3.63, 3.8) is 0 Å². The van der Waals surface area contributed by atoms with E-state index < -0.39 is 10.0 Å². The van der Waals surface area contributed by atoms with Gasteiger partial charge in [-0.1, -0.05) is 30.3 Å². The number of hydrogen-bond donors (Lipinski definition) is 1. The summed E-state index contributed by atoms with van der Waals surface area (Å²) in [6.07, 6.45) is 0. The quantitative estimate of drug-likeness (QED) is 0.883. The molecule has 0 bridgehead atoms. The molecule has 0 radical (unpaired) electrons. The van der Waals surface area contributed by atoms with E-state index in [4.69, 9.17) is 10.00 Å². The van der Waals surface area contributed by atoms with Crippen LogP contribution in [0.4, 0.5) is 0 Å². The van der Waals surface area contributed by atoms with Crippen molar-refractivity contribution in [2.45, 2.75) is 24.8 Å². The van der Waals surface area contributed by atoms with Crippen LogP contribution in [0.15, 0.2) is 53.4 Å². The van der Waals surface area contributed by atoms with E-state index in [-0.39, 0.29) is 16.5 Å². The average Bonchev–Trinajstić information content (AvgIpc) is 2.55. The van der Waals surface area contributed by atoms with Crippen molar-refractivity contribution >= 4 is 10.0 Å². The average molecular weight is 330 g/mol. The SMILES string of the molecule is CCOc1ccc(S(=O)(=O)NC(C)c2ccccc2)cc1C#N. The molecule has 2 aromatic carbocycles. The lowest BCUT2D eigenvalue weighted by Gasteiger charge is -2.15. The Kier molecular flexibility index (Phi) is 5.37. The highest BCUT2D eigenvalue weighted by Crippen LogP contribution is 2.23. The molecule has 0 saturated heterocycles. The number of rotatable bonds is 6. The fourth-order valence-electron chi connectivity index (χ4n) is 2.16. The lowest BCUT2D eigenvalue weighted by molar-refractivity contribution is 0.339. The number of benzene rings is 2. The Morgan fingerprint density at radius 2 is 1.91 bits per heavy atom. The molecule has 6 heteroatoms. The van der Waals surface area contributed by atoms with Crippen molar-refractivity contribution in [1.82, 2.24) is 4.72 Å². The van der Waals surface area contributed by atoms with Gasteiger partial charge in [0.1, 0.15) is 11.8 Å². The molecular formula is C17H18N2O3S. The summed E-state index contributed by atoms with van der Waals surface area (Å²) in [5.41, 5.74) is 1.06. The van der Waals surface area contributed by atoms with Crippen LogP contribution in [0, 0.1) is 11.3 Å². The standard InChI is InChI=1S/C17H18N2O3S/c1-3-22-17-10-9-16(11-15(17)12-18)23(20,21)19-13(2)14-7-5-4-6-8-14/h4-11,13,19H,3H2,1-2H3. The van der Waals surface area contributed by atoms with Gasteiger partial charge in [0.05, 0.1) is 17.1 Å². The molecule has 23 heavy (non-hydrogen) atoms. The number of nitrogens with one attached hydrogen (secondary N) is 1. The van der Waals surface area contributed by atoms with E-state index in [1.165, 1.54) is 18.2 Å². The highest BCUT2D eigenvalue weighted by molar-refractivity contribution is 7.89. The molecule has 0 saturated carbocycles. The second-order valence-corrected chi connectivity index (χ2v) is 6.67. The van der Waals surface area contributed by atoms with Crippen LogP contribution in [0.5, 0.6) is 5.75 Å². The summed E-state index contributed by atoms with van der Waals surface area (Å²) in [4.78, 5) is 0.0419. The molecule has 0 amide bonds. The molecule has 0 heterocycles. The minimum atomic E-state index is -3.73. The Labute approximate surface area is 136 Å². The molecular weight excluding hydrogens is 312 g/mol. The molecule has 0 aromatic heterocycles. The van der Waals surface area contributed by atoms with Gasteiger partial charge in [0.2, 0.25) is 10.0 Å². The maximum Gasteiger partial charge on any atom is 0.241 e. The van der Waals surface area contributed by atoms with Crippen molar-refractivity contribution in [1.29, 1.82) is 5.26 Å². The monoisotopic (exact) mass is 330 g/mol. The Morgan fingerprint density at radius 3 is 2.52 bits per heavy atom. The maximum atomic E-state index is 12.5. The molecule has 120 valence electrons. The van der Waals surface area contributed by atoms with Crippen LogP contribution in [0.25, 0.3) is 0 Å². The molecule has 1 atom stereocenters. The molecule has 2 rings (SSSR count). The summed E-state index contributed by atoms with van der Waals surface area (Å²) in [5, 5.41) is 9.15. The number of nitrogens with zero attached hydrogens (tertiary/aromatic N) is 1. The van der Waals surface area contributed by atoms with Gasteiger partial charge in [0.15, 0.2) is 0 Å². The number of sulfonamides is 1. The molecule has 0 aliphatic heterocycles. The van der Waals surface area contributed by atoms with Crippen molar-refractivity contribution in [2.24, 2.45) is 0 Å². The summed E-state index contributed by atoms with van der Waals surface area (Å²) >= 11 is 0. The third-order valence-electron chi connectivity index (χ3n) is 3.31. The van der Waals surface area contributed by atoms with E-state index in [9.17, 15) is 8.42 Å². The Morgan fingerprint density at radius 1 is 1.22 bits per heavy atom. The molecule has 0 spiro atoms. The summed E-state index contributed by atoms with van der Waals surface area (Å²) in [6.45, 7) is 3.98. The zero-order valence-corrected chi connectivity index (χ0v) is 13.8. The summed E-state index contributed by atoms with van der Waals surface area (Å²) in [7, 11) is -3.73. The van der Waals surface area contributed by atoms with Crippen molar-refractivity contribution in [2.75, 3.05) is 6.61 Å². The van der Waals surface area contributed by atoms with E-state index in [0.29, 0.717) is 12.4 Å². The number of ether oxygens (including phenoxy) is 1. The summed E-state index contributed by atoms with van der Waals surface area (Å²) < 4.78 is 32.9. The third kappa shape index (κ3) is 4.09. The number of hydrogen-bond acceptors (Lipinski definition) is 4. The first-order chi connectivity index (χ1) is 11.0. The van der Waals surface area contributed by atoms with E-state index >= 15 is 0 Å². The highest BCUT2D eigenvalue weighted by Gasteiger charge is 2.20. The first kappa shape index (κ1) is 17.0. The maximum absolute atomic E-state index is 12.5. The van der Waals surface area contributed by atoms with Crippen molar-refractivity contribution in [3.05, 3.63) is 59.7 Å². The Hall–Kier alpha value is -2.36. The predicted molar refractivity (Wildman–Crippen MR) is 87.5 cm³/mol. The predicted octanol–water partition coefficient (Wildman–Crippen LogP) is 3.00. The van der Waals surface area contributed by atoms with E-state index in [0.717, 1.165) is 5.56 Å². The normalized spacial score (nSPS) is 12.4. The molecule has 2 aromatic rings. The summed E-state index contributed by atoms with van der Waals surface area (Å²) in [5.74, 6) is 0.380. The van der Waals surface area contributed by atoms with Gasteiger partial charge < -0.3 is 4.74 Å². The van der Waals surface area contributed by atoms with Crippen LogP contribution in [-0.4, -0.2) is 15.0 Å². The van der Waals surface area contributed by atoms with Gasteiger partial charge in [-0.2, -0.15) is 5.26 Å². The zero-order chi connectivity index (χ0) is 16.9. The van der Waals surface area contributed by atoms with Gasteiger partial charge in [0, 0.05) is 6.04 Å². The topological polar surface area (TPSA) is 79.2 Å². The van der Waals surface area contributed by atoms with Crippen molar-refractivity contribution < 1.29 is 13.2 Å². The van der Waals surface area contributed by atoms with Crippen LogP contribution >= 0.6 is 0 Å². The fraction of sp³-hybridized carbons (Fsp3) is 0.235. The van der Waals surface area contributed by atoms with Gasteiger partial charge in [-0.25, -0.2) is 13.1 Å². The van der Waals surface area contributed by atoms with E-state index in [2.05, 4.69) is 4.72 Å². The molecule has 0 aliphatic rings. The Bertz CT molecular complexity index is 811. The van der Waals surface area contributed by atoms with Gasteiger partial charge in [0.25, 0.3) is 0 Å². The minimum Gasteiger partial charge on any atom is -0.492 e. The van der Waals surface area contributed by atoms with Gasteiger partial charge in [-0.15, -0.1) is 0 Å². The Balaban J connectivity index is 2.28. The van der Waals surface area contributed by atoms with Crippen LogP contribution in [0.2, 0.25) is 0 Å². The second-order valence-electron chi connectivity index (χ2n) is 4.96. The van der Waals surface area contributed by atoms with Crippen molar-refractivity contribution in [3.8, 4) is 11.8 Å². The molecule has 1 unspecified atom stereocenters. The lowest BCUT2D eigenvalue weighted by atomic mass is 10.1. The van der Waals surface area contributed by atoms with Crippen LogP contribution in [0.1, 0.15) is 31.0 Å². The van der Waals surface area contributed by atoms with Gasteiger partial charge >= 0.3 is 0 Å². The smallest absolute Gasteiger partial charge is 0.241 e. The molecule has 1 N–H and O–H groups in total. The van der Waals surface area contributed by atoms with Gasteiger partial charge in [-0.3, -0.25) is 0 Å². The van der Waals surface area contributed by atoms with E-state index in [1.54, 1.807) is 13.8 Å². The highest BCUT2D eigenvalue weighted by atomic mass is 32.2. The first-order valence-electron chi connectivity index (χ1n) is 7.22. The second kappa shape index (κ2) is 7.27. The fourth-order valence-corrected chi connectivity index (χ4v) is 3.41. The minimum absolute atomic E-state index is 0.0419. The largest absolute Gasteiger partial charge is 0.492 e. The number of nitriles is 1. The first-order valence-corrected chi connectivity index (χ1v) is 8.70. The summed E-state index contributed by atoms with van der Waals surface area (Å²) in [6, 6.07) is 15.1. The van der Waals surface area contributed by atoms with Crippen LogP contribution in [0.3, 0.4) is 0 Å². The van der Waals surface area contributed by atoms with Gasteiger partial charge in [-0.05, 0) is 37.6 Å². The zero-order valence-electron chi connectivity index (χ0n) is 13.0. The van der Waals surface area contributed by atoms with Crippen LogP contribution in [-0.2, 0) is 10.0 Å². The third-order valence-corrected chi connectivity index (χ3v) is 4.85. The molecule has 5 nitrogen and oxygen atoms in total.